The summed E-state index contributed by atoms with van der Waals surface area (Å²) in [7, 11) is 0. The molecular weight excluding hydrogens is 328 g/mol. The van der Waals surface area contributed by atoms with Gasteiger partial charge in [-0.3, -0.25) is 9.59 Å². The summed E-state index contributed by atoms with van der Waals surface area (Å²) < 4.78 is 3.92. The van der Waals surface area contributed by atoms with Gasteiger partial charge < -0.3 is 14.5 Å². The van der Waals surface area contributed by atoms with Gasteiger partial charge in [-0.2, -0.15) is 0 Å². The number of carbonyl (C=O) groups is 2. The van der Waals surface area contributed by atoms with Crippen LogP contribution in [0.1, 0.15) is 43.1 Å². The molecule has 0 unspecified atom stereocenters. The topological polar surface area (TPSA) is 68.9 Å². The van der Waals surface area contributed by atoms with Gasteiger partial charge >= 0.3 is 0 Å². The molecule has 26 heavy (non-hydrogen) atoms. The Morgan fingerprint density at radius 1 is 1.27 bits per heavy atom. The van der Waals surface area contributed by atoms with Crippen molar-refractivity contribution in [2.75, 3.05) is 6.54 Å². The molecule has 0 aliphatic rings. The van der Waals surface area contributed by atoms with E-state index in [1.54, 1.807) is 19.4 Å². The smallest absolute Gasteiger partial charge is 0.243 e. The monoisotopic (exact) mass is 352 g/mol. The summed E-state index contributed by atoms with van der Waals surface area (Å²) >= 11 is 0. The van der Waals surface area contributed by atoms with Gasteiger partial charge in [0.15, 0.2) is 5.78 Å². The van der Waals surface area contributed by atoms with Crippen LogP contribution in [-0.2, 0) is 11.3 Å². The molecule has 0 aliphatic heterocycles. The van der Waals surface area contributed by atoms with E-state index in [1.807, 2.05) is 52.7 Å². The van der Waals surface area contributed by atoms with Gasteiger partial charge in [-0.25, -0.2) is 4.98 Å². The Balaban J connectivity index is 1.72. The van der Waals surface area contributed by atoms with Crippen LogP contribution < -0.4 is 5.32 Å². The van der Waals surface area contributed by atoms with E-state index >= 15 is 0 Å². The minimum Gasteiger partial charge on any atom is -0.354 e. The minimum atomic E-state index is -0.332. The number of para-hydroxylation sites is 1. The second-order valence-corrected chi connectivity index (χ2v) is 6.39. The number of aryl methyl sites for hydroxylation is 1. The predicted molar refractivity (Wildman–Crippen MR) is 101 cm³/mol. The fourth-order valence-corrected chi connectivity index (χ4v) is 3.26. The lowest BCUT2D eigenvalue weighted by Crippen LogP contribution is -2.33. The summed E-state index contributed by atoms with van der Waals surface area (Å²) in [6, 6.07) is 7.39. The fourth-order valence-electron chi connectivity index (χ4n) is 3.26. The standard InChI is InChI=1S/C20H24N4O2/c1-3-18(20(26)22-9-6-11-23-12-10-21-14-23)24-13-17(15(2)25)16-7-4-5-8-19(16)24/h4-5,7-8,10,12-14,18H,3,6,9,11H2,1-2H3,(H,22,26)/t18-/m0/s1. The molecule has 0 bridgehead atoms. The van der Waals surface area contributed by atoms with Gasteiger partial charge in [-0.1, -0.05) is 25.1 Å². The van der Waals surface area contributed by atoms with Crippen molar-refractivity contribution in [1.82, 2.24) is 19.4 Å². The minimum absolute atomic E-state index is 0.00976. The van der Waals surface area contributed by atoms with E-state index in [-0.39, 0.29) is 17.7 Å². The van der Waals surface area contributed by atoms with E-state index in [4.69, 9.17) is 0 Å². The first-order valence-electron chi connectivity index (χ1n) is 8.95. The van der Waals surface area contributed by atoms with Crippen LogP contribution in [0.25, 0.3) is 10.9 Å². The molecule has 6 nitrogen and oxygen atoms in total. The Morgan fingerprint density at radius 3 is 2.77 bits per heavy atom. The highest BCUT2D eigenvalue weighted by molar-refractivity contribution is 6.07. The van der Waals surface area contributed by atoms with Crippen LogP contribution in [-0.4, -0.2) is 32.4 Å². The number of nitrogens with one attached hydrogen (secondary N) is 1. The molecule has 0 spiro atoms. The summed E-state index contributed by atoms with van der Waals surface area (Å²) in [5.74, 6) is -0.00969. The van der Waals surface area contributed by atoms with E-state index in [0.717, 1.165) is 23.9 Å². The van der Waals surface area contributed by atoms with Gasteiger partial charge in [0.1, 0.15) is 6.04 Å². The lowest BCUT2D eigenvalue weighted by molar-refractivity contribution is -0.124. The quantitative estimate of drug-likeness (QED) is 0.500. The van der Waals surface area contributed by atoms with Crippen LogP contribution in [0.3, 0.4) is 0 Å². The maximum atomic E-state index is 12.7. The van der Waals surface area contributed by atoms with E-state index in [2.05, 4.69) is 10.3 Å². The first-order valence-corrected chi connectivity index (χ1v) is 8.95. The normalized spacial score (nSPS) is 12.2. The number of Topliss-reactive ketones (excluding diaryl/α,β-unsaturated/α-hetero) is 1. The third-order valence-corrected chi connectivity index (χ3v) is 4.60. The summed E-state index contributed by atoms with van der Waals surface area (Å²) in [5, 5.41) is 3.91. The predicted octanol–water partition coefficient (Wildman–Crippen LogP) is 3.20. The van der Waals surface area contributed by atoms with Crippen molar-refractivity contribution in [3.63, 3.8) is 0 Å². The molecule has 1 amide bonds. The number of ketones is 1. The number of rotatable bonds is 8. The van der Waals surface area contributed by atoms with Crippen LogP contribution in [0.4, 0.5) is 0 Å². The molecule has 3 aromatic rings. The van der Waals surface area contributed by atoms with Crippen LogP contribution in [0.15, 0.2) is 49.2 Å². The van der Waals surface area contributed by atoms with Gasteiger partial charge in [-0.15, -0.1) is 0 Å². The average Bonchev–Trinajstić information content (AvgIpc) is 3.28. The number of hydrogen-bond donors (Lipinski definition) is 1. The number of carbonyl (C=O) groups excluding carboxylic acids is 2. The Labute approximate surface area is 152 Å². The SMILES string of the molecule is CC[C@@H](C(=O)NCCCn1ccnc1)n1cc(C(C)=O)c2ccccc21. The maximum Gasteiger partial charge on any atom is 0.243 e. The Kier molecular flexibility index (Phi) is 5.51. The highest BCUT2D eigenvalue weighted by atomic mass is 16.2. The van der Waals surface area contributed by atoms with E-state index in [1.165, 1.54) is 0 Å². The Hall–Kier alpha value is -2.89. The number of imidazole rings is 1. The zero-order valence-electron chi connectivity index (χ0n) is 15.2. The lowest BCUT2D eigenvalue weighted by atomic mass is 10.1. The van der Waals surface area contributed by atoms with Crippen molar-refractivity contribution in [2.45, 2.75) is 39.3 Å². The molecule has 0 aliphatic carbocycles. The number of amides is 1. The largest absolute Gasteiger partial charge is 0.354 e. The van der Waals surface area contributed by atoms with Crippen LogP contribution in [0, 0.1) is 0 Å². The summed E-state index contributed by atoms with van der Waals surface area (Å²) in [5.41, 5.74) is 1.57. The Bertz CT molecular complexity index is 896. The van der Waals surface area contributed by atoms with Gasteiger partial charge in [0.05, 0.1) is 6.33 Å². The number of aromatic nitrogens is 3. The van der Waals surface area contributed by atoms with Gasteiger partial charge in [0.25, 0.3) is 0 Å². The number of hydrogen-bond acceptors (Lipinski definition) is 3. The number of nitrogens with zero attached hydrogens (tertiary/aromatic N) is 3. The molecule has 1 N–H and O–H groups in total. The van der Waals surface area contributed by atoms with Crippen molar-refractivity contribution in [3.05, 3.63) is 54.7 Å². The van der Waals surface area contributed by atoms with Crippen molar-refractivity contribution in [2.24, 2.45) is 0 Å². The van der Waals surface area contributed by atoms with Crippen molar-refractivity contribution < 1.29 is 9.59 Å². The third kappa shape index (κ3) is 3.69. The molecule has 1 aromatic carbocycles. The highest BCUT2D eigenvalue weighted by Gasteiger charge is 2.22. The molecule has 0 radical (unpaired) electrons. The molecule has 0 saturated carbocycles. The zero-order valence-corrected chi connectivity index (χ0v) is 15.2. The molecular formula is C20H24N4O2. The van der Waals surface area contributed by atoms with Crippen molar-refractivity contribution >= 4 is 22.6 Å². The van der Waals surface area contributed by atoms with E-state index < -0.39 is 0 Å². The maximum absolute atomic E-state index is 12.7. The number of fused-ring (bicyclic) bond motifs is 1. The van der Waals surface area contributed by atoms with Crippen molar-refractivity contribution in [3.8, 4) is 0 Å². The summed E-state index contributed by atoms with van der Waals surface area (Å²) in [6.07, 6.45) is 8.73. The lowest BCUT2D eigenvalue weighted by Gasteiger charge is -2.18. The first-order chi connectivity index (χ1) is 12.6. The van der Waals surface area contributed by atoms with Crippen LogP contribution in [0.2, 0.25) is 0 Å². The van der Waals surface area contributed by atoms with Crippen LogP contribution >= 0.6 is 0 Å². The van der Waals surface area contributed by atoms with E-state index in [0.29, 0.717) is 18.5 Å². The summed E-state index contributed by atoms with van der Waals surface area (Å²) in [4.78, 5) is 28.7. The first kappa shape index (κ1) is 17.9. The van der Waals surface area contributed by atoms with Crippen LogP contribution in [0.5, 0.6) is 0 Å². The molecule has 2 aromatic heterocycles. The zero-order chi connectivity index (χ0) is 18.5. The molecule has 1 atom stereocenters. The fraction of sp³-hybridized carbons (Fsp3) is 0.350. The van der Waals surface area contributed by atoms with Gasteiger partial charge in [0.2, 0.25) is 5.91 Å². The third-order valence-electron chi connectivity index (χ3n) is 4.60. The second kappa shape index (κ2) is 7.99. The molecule has 136 valence electrons. The Morgan fingerprint density at radius 2 is 2.08 bits per heavy atom. The average molecular weight is 352 g/mol. The molecule has 3 rings (SSSR count). The summed E-state index contributed by atoms with van der Waals surface area (Å²) in [6.45, 7) is 4.96. The second-order valence-electron chi connectivity index (χ2n) is 6.39. The van der Waals surface area contributed by atoms with E-state index in [9.17, 15) is 9.59 Å². The molecule has 0 fully saturated rings. The molecule has 0 saturated heterocycles. The molecule has 6 heteroatoms. The van der Waals surface area contributed by atoms with Gasteiger partial charge in [0, 0.05) is 48.1 Å². The molecule has 2 heterocycles. The highest BCUT2D eigenvalue weighted by Crippen LogP contribution is 2.26. The van der Waals surface area contributed by atoms with Gasteiger partial charge in [-0.05, 0) is 25.8 Å². The number of benzene rings is 1. The van der Waals surface area contributed by atoms with Crippen molar-refractivity contribution in [1.29, 1.82) is 0 Å².